The molecule has 11 heteroatoms. The molecule has 0 bridgehead atoms. The first-order valence-electron chi connectivity index (χ1n) is 15.7. The van der Waals surface area contributed by atoms with Gasteiger partial charge in [-0.05, 0) is 100 Å². The molecule has 4 N–H and O–H groups in total. The summed E-state index contributed by atoms with van der Waals surface area (Å²) in [6, 6.07) is 9.16. The number of pyridine rings is 3. The number of aryl methyl sites for hydroxylation is 2. The van der Waals surface area contributed by atoms with Crippen molar-refractivity contribution in [3.8, 4) is 39.4 Å². The summed E-state index contributed by atoms with van der Waals surface area (Å²) >= 11 is 0. The lowest BCUT2D eigenvalue weighted by atomic mass is 9.87. The summed E-state index contributed by atoms with van der Waals surface area (Å²) in [5.41, 5.74) is 8.12. The zero-order chi connectivity index (χ0) is 34.9. The molecule has 0 fully saturated rings. The second-order valence-electron chi connectivity index (χ2n) is 12.9. The number of nitrogens with zero attached hydrogens (tertiary/aromatic N) is 4. The third kappa shape index (κ3) is 6.91. The Hall–Kier alpha value is -5.16. The molecular weight excluding hydrogens is 611 g/mol. The highest BCUT2D eigenvalue weighted by molar-refractivity contribution is 6.01. The Kier molecular flexibility index (Phi) is 9.63. The number of carboxylic acids is 1. The number of rotatable bonds is 7. The minimum Gasteiger partial charge on any atom is -0.490 e. The van der Waals surface area contributed by atoms with Gasteiger partial charge < -0.3 is 30.2 Å². The summed E-state index contributed by atoms with van der Waals surface area (Å²) in [6.45, 7) is 9.45. The number of hydrogen-bond acceptors (Lipinski definition) is 8. The highest BCUT2D eigenvalue weighted by Crippen LogP contribution is 2.43. The normalized spacial score (nSPS) is 12.5. The Labute approximate surface area is 279 Å². The number of hydrogen-bond donors (Lipinski definition) is 4. The van der Waals surface area contributed by atoms with Crippen LogP contribution in [0.15, 0.2) is 42.7 Å². The van der Waals surface area contributed by atoms with Crippen molar-refractivity contribution in [1.82, 2.24) is 19.5 Å². The Morgan fingerprint density at radius 1 is 1.17 bits per heavy atom. The van der Waals surface area contributed by atoms with Crippen LogP contribution < -0.4 is 10.1 Å². The third-order valence-electron chi connectivity index (χ3n) is 8.18. The molecule has 0 saturated heterocycles. The van der Waals surface area contributed by atoms with E-state index in [2.05, 4.69) is 15.3 Å². The number of aromatic nitrogens is 4. The molecule has 0 amide bonds. The fraction of sp³-hybridized carbons (Fsp3) is 0.324. The molecule has 1 aliphatic heterocycles. The molecule has 250 valence electrons. The average molecular weight is 653 g/mol. The van der Waals surface area contributed by atoms with E-state index in [1.54, 1.807) is 47.1 Å². The third-order valence-corrected chi connectivity index (χ3v) is 8.18. The van der Waals surface area contributed by atoms with Crippen molar-refractivity contribution in [2.45, 2.75) is 59.5 Å². The SMILES string of the molecule is CC(C)(C)O.CNc1ncc(-c2cc(-c3cc4c(-c5cc(F)c6c(c5C)CCCO6)c(CC(=O)O)c(C)nc4n3C)ccn2)cc1C=N. The van der Waals surface area contributed by atoms with Gasteiger partial charge in [-0.1, -0.05) is 0 Å². The molecule has 1 aromatic carbocycles. The maximum absolute atomic E-state index is 15.5. The largest absolute Gasteiger partial charge is 0.490 e. The summed E-state index contributed by atoms with van der Waals surface area (Å²) in [5.74, 6) is -0.538. The number of fused-ring (bicyclic) bond motifs is 2. The standard InChI is InChI=1S/C33H31FN6O3.C4H10O/c1-17-22-6-5-9-43-31(22)26(34)12-23(17)30-24(14-29(41)42)18(2)39-33-25(30)13-28(40(33)4)19-7-8-37-27(11-19)21-10-20(15-35)32(36-3)38-16-21;1-4(2,3)5/h7-8,10-13,15-16,35H,5-6,9,14H2,1-4H3,(H,36,38)(H,41,42);5H,1-3H3. The van der Waals surface area contributed by atoms with Crippen molar-refractivity contribution < 1.29 is 24.1 Å². The van der Waals surface area contributed by atoms with Crippen molar-refractivity contribution in [2.75, 3.05) is 19.0 Å². The van der Waals surface area contributed by atoms with Crippen LogP contribution in [0.1, 0.15) is 55.1 Å². The molecule has 0 aliphatic carbocycles. The molecule has 5 aromatic rings. The van der Waals surface area contributed by atoms with Crippen LogP contribution in [0.25, 0.3) is 44.7 Å². The smallest absolute Gasteiger partial charge is 0.307 e. The second kappa shape index (κ2) is 13.5. The Balaban J connectivity index is 0.000000840. The van der Waals surface area contributed by atoms with Crippen LogP contribution in [0.4, 0.5) is 10.2 Å². The summed E-state index contributed by atoms with van der Waals surface area (Å²) in [4.78, 5) is 25.9. The van der Waals surface area contributed by atoms with Gasteiger partial charge in [0, 0.05) is 66.0 Å². The van der Waals surface area contributed by atoms with Crippen LogP contribution in [-0.4, -0.2) is 61.2 Å². The predicted molar refractivity (Wildman–Crippen MR) is 187 cm³/mol. The molecule has 6 rings (SSSR count). The Morgan fingerprint density at radius 2 is 1.90 bits per heavy atom. The summed E-state index contributed by atoms with van der Waals surface area (Å²) in [6.07, 6.45) is 5.92. The Morgan fingerprint density at radius 3 is 2.56 bits per heavy atom. The van der Waals surface area contributed by atoms with Crippen molar-refractivity contribution in [2.24, 2.45) is 7.05 Å². The topological polar surface area (TPSA) is 146 Å². The van der Waals surface area contributed by atoms with E-state index < -0.39 is 17.4 Å². The number of benzene rings is 1. The highest BCUT2D eigenvalue weighted by Gasteiger charge is 2.26. The molecule has 0 spiro atoms. The molecule has 0 atom stereocenters. The van der Waals surface area contributed by atoms with E-state index in [1.807, 2.05) is 42.8 Å². The van der Waals surface area contributed by atoms with E-state index in [4.69, 9.17) is 20.2 Å². The predicted octanol–water partition coefficient (Wildman–Crippen LogP) is 6.89. The summed E-state index contributed by atoms with van der Waals surface area (Å²) < 4.78 is 23.1. The molecule has 0 unspecified atom stereocenters. The lowest BCUT2D eigenvalue weighted by molar-refractivity contribution is -0.136. The van der Waals surface area contributed by atoms with E-state index in [-0.39, 0.29) is 12.2 Å². The first-order chi connectivity index (χ1) is 22.7. The van der Waals surface area contributed by atoms with Crippen LogP contribution in [0, 0.1) is 25.1 Å². The fourth-order valence-corrected chi connectivity index (χ4v) is 6.04. The number of aliphatic hydroxyl groups is 1. The monoisotopic (exact) mass is 652 g/mol. The van der Waals surface area contributed by atoms with Crippen molar-refractivity contribution in [3.05, 3.63) is 76.5 Å². The minimum atomic E-state index is -0.984. The fourth-order valence-electron chi connectivity index (χ4n) is 6.04. The molecule has 1 aliphatic rings. The van der Waals surface area contributed by atoms with E-state index in [9.17, 15) is 9.90 Å². The van der Waals surface area contributed by atoms with Gasteiger partial charge >= 0.3 is 5.97 Å². The van der Waals surface area contributed by atoms with Crippen molar-refractivity contribution in [1.29, 1.82) is 5.41 Å². The molecule has 0 saturated carbocycles. The van der Waals surface area contributed by atoms with Crippen LogP contribution >= 0.6 is 0 Å². The van der Waals surface area contributed by atoms with Gasteiger partial charge in [-0.2, -0.15) is 0 Å². The molecular formula is C37H41FN6O4. The van der Waals surface area contributed by atoms with Gasteiger partial charge in [0.15, 0.2) is 11.6 Å². The van der Waals surface area contributed by atoms with Gasteiger partial charge in [0.1, 0.15) is 11.5 Å². The number of ether oxygens (including phenoxy) is 1. The summed E-state index contributed by atoms with van der Waals surface area (Å²) in [5, 5.41) is 29.8. The Bertz CT molecular complexity index is 2040. The first kappa shape index (κ1) is 34.2. The average Bonchev–Trinajstić information content (AvgIpc) is 3.37. The second-order valence-corrected chi connectivity index (χ2v) is 12.9. The van der Waals surface area contributed by atoms with Crippen LogP contribution in [-0.2, 0) is 24.7 Å². The first-order valence-corrected chi connectivity index (χ1v) is 15.7. The molecule has 48 heavy (non-hydrogen) atoms. The van der Waals surface area contributed by atoms with E-state index >= 15 is 4.39 Å². The van der Waals surface area contributed by atoms with Crippen molar-refractivity contribution >= 4 is 29.0 Å². The zero-order valence-corrected chi connectivity index (χ0v) is 28.3. The lowest BCUT2D eigenvalue weighted by Gasteiger charge is -2.23. The molecule has 10 nitrogen and oxygen atoms in total. The highest BCUT2D eigenvalue weighted by atomic mass is 19.1. The number of carbonyl (C=O) groups is 1. The van der Waals surface area contributed by atoms with Gasteiger partial charge in [0.05, 0.1) is 30.0 Å². The zero-order valence-electron chi connectivity index (χ0n) is 28.3. The van der Waals surface area contributed by atoms with Gasteiger partial charge in [-0.15, -0.1) is 0 Å². The van der Waals surface area contributed by atoms with Crippen LogP contribution in [0.2, 0.25) is 0 Å². The summed E-state index contributed by atoms with van der Waals surface area (Å²) in [7, 11) is 3.67. The number of halogens is 1. The minimum absolute atomic E-state index is 0.243. The lowest BCUT2D eigenvalue weighted by Crippen LogP contribution is -2.13. The van der Waals surface area contributed by atoms with Crippen LogP contribution in [0.5, 0.6) is 5.75 Å². The molecule has 5 heterocycles. The molecule has 0 radical (unpaired) electrons. The number of carboxylic acid groups (broad SMARTS) is 1. The number of nitrogens with one attached hydrogen (secondary N) is 2. The maximum atomic E-state index is 15.5. The van der Waals surface area contributed by atoms with E-state index in [0.717, 1.165) is 39.8 Å². The van der Waals surface area contributed by atoms with Gasteiger partial charge in [0.25, 0.3) is 0 Å². The molecule has 4 aromatic heterocycles. The van der Waals surface area contributed by atoms with E-state index in [1.165, 1.54) is 12.3 Å². The number of anilines is 1. The quantitative estimate of drug-likeness (QED) is 0.139. The van der Waals surface area contributed by atoms with E-state index in [0.29, 0.717) is 58.1 Å². The van der Waals surface area contributed by atoms with Gasteiger partial charge in [-0.25, -0.2) is 14.4 Å². The van der Waals surface area contributed by atoms with Crippen molar-refractivity contribution in [3.63, 3.8) is 0 Å². The van der Waals surface area contributed by atoms with Crippen LogP contribution in [0.3, 0.4) is 0 Å². The maximum Gasteiger partial charge on any atom is 0.307 e. The van der Waals surface area contributed by atoms with Gasteiger partial charge in [0.2, 0.25) is 0 Å². The van der Waals surface area contributed by atoms with Gasteiger partial charge in [-0.3, -0.25) is 9.78 Å². The number of aliphatic carboxylic acids is 1.